The van der Waals surface area contributed by atoms with E-state index in [-0.39, 0.29) is 11.9 Å². The highest BCUT2D eigenvalue weighted by molar-refractivity contribution is 7.80. The van der Waals surface area contributed by atoms with Crippen LogP contribution in [0, 0.1) is 0 Å². The van der Waals surface area contributed by atoms with Crippen molar-refractivity contribution in [3.05, 3.63) is 64.0 Å². The van der Waals surface area contributed by atoms with Gasteiger partial charge in [0.25, 0.3) is 5.91 Å². The van der Waals surface area contributed by atoms with E-state index >= 15 is 0 Å². The van der Waals surface area contributed by atoms with Gasteiger partial charge >= 0.3 is 0 Å². The molecule has 1 aliphatic rings. The molecule has 3 rings (SSSR count). The molecule has 1 atom stereocenters. The van der Waals surface area contributed by atoms with E-state index in [1.807, 2.05) is 54.8 Å². The minimum atomic E-state index is -0.225. The van der Waals surface area contributed by atoms with Crippen LogP contribution in [0.3, 0.4) is 0 Å². The molecule has 1 aromatic carbocycles. The molecule has 6 heteroatoms. The van der Waals surface area contributed by atoms with Crippen LogP contribution in [0.5, 0.6) is 0 Å². The lowest BCUT2D eigenvalue weighted by atomic mass is 10.0. The van der Waals surface area contributed by atoms with E-state index in [4.69, 9.17) is 12.2 Å². The highest BCUT2D eigenvalue weighted by Gasteiger charge is 2.30. The minimum Gasteiger partial charge on any atom is -0.350 e. The minimum absolute atomic E-state index is 0.135. The van der Waals surface area contributed by atoms with Crippen molar-refractivity contribution in [3.63, 3.8) is 0 Å². The van der Waals surface area contributed by atoms with Gasteiger partial charge in [0.05, 0.1) is 11.6 Å². The number of nitrogens with one attached hydrogen (secondary N) is 3. The number of hydrogen-bond acceptors (Lipinski definition) is 3. The van der Waals surface area contributed by atoms with Crippen molar-refractivity contribution in [3.8, 4) is 0 Å². The molecule has 22 heavy (non-hydrogen) atoms. The average molecular weight is 329 g/mol. The number of thiophene rings is 1. The van der Waals surface area contributed by atoms with Gasteiger partial charge in [-0.15, -0.1) is 11.3 Å². The Bertz CT molecular complexity index is 723. The van der Waals surface area contributed by atoms with Gasteiger partial charge in [0, 0.05) is 16.3 Å². The van der Waals surface area contributed by atoms with Crippen LogP contribution in [0.15, 0.2) is 59.1 Å². The molecule has 4 nitrogen and oxygen atoms in total. The number of rotatable bonds is 3. The van der Waals surface area contributed by atoms with E-state index in [0.29, 0.717) is 10.7 Å². The van der Waals surface area contributed by atoms with Gasteiger partial charge < -0.3 is 16.0 Å². The number of para-hydroxylation sites is 1. The van der Waals surface area contributed by atoms with Gasteiger partial charge in [-0.3, -0.25) is 4.79 Å². The summed E-state index contributed by atoms with van der Waals surface area (Å²) in [5.74, 6) is -0.135. The van der Waals surface area contributed by atoms with Gasteiger partial charge in [0.1, 0.15) is 0 Å². The fourth-order valence-electron chi connectivity index (χ4n) is 2.38. The van der Waals surface area contributed by atoms with Crippen molar-refractivity contribution < 1.29 is 4.79 Å². The smallest absolute Gasteiger partial charge is 0.255 e. The zero-order valence-corrected chi connectivity index (χ0v) is 13.6. The second-order valence-corrected chi connectivity index (χ2v) is 6.29. The van der Waals surface area contributed by atoms with Crippen molar-refractivity contribution in [2.45, 2.75) is 13.0 Å². The Labute approximate surface area is 138 Å². The highest BCUT2D eigenvalue weighted by atomic mass is 32.1. The van der Waals surface area contributed by atoms with Gasteiger partial charge in [-0.05, 0) is 42.7 Å². The van der Waals surface area contributed by atoms with Crippen LogP contribution in [0.25, 0.3) is 0 Å². The van der Waals surface area contributed by atoms with Crippen LogP contribution in [0.2, 0.25) is 0 Å². The largest absolute Gasteiger partial charge is 0.350 e. The standard InChI is InChI=1S/C16H15N3OS2/c1-10-13(15(20)18-11-6-3-2-4-7-11)14(19-16(21)17-10)12-8-5-9-22-12/h2-9,14H,1H3,(H,18,20)(H2,17,19,21). The molecule has 112 valence electrons. The van der Waals surface area contributed by atoms with Crippen LogP contribution >= 0.6 is 23.6 Å². The van der Waals surface area contributed by atoms with Crippen molar-refractivity contribution in [2.24, 2.45) is 0 Å². The molecule has 1 unspecified atom stereocenters. The van der Waals surface area contributed by atoms with Crippen molar-refractivity contribution >= 4 is 40.3 Å². The lowest BCUT2D eigenvalue weighted by Crippen LogP contribution is -2.45. The number of hydrogen-bond donors (Lipinski definition) is 3. The molecule has 0 bridgehead atoms. The molecule has 0 fully saturated rings. The first kappa shape index (κ1) is 14.7. The van der Waals surface area contributed by atoms with Crippen LogP contribution in [0.1, 0.15) is 17.8 Å². The van der Waals surface area contributed by atoms with Crippen LogP contribution in [0.4, 0.5) is 5.69 Å². The van der Waals surface area contributed by atoms with Crippen LogP contribution < -0.4 is 16.0 Å². The quantitative estimate of drug-likeness (QED) is 0.757. The van der Waals surface area contributed by atoms with Crippen LogP contribution in [-0.4, -0.2) is 11.0 Å². The molecule has 2 aromatic rings. The second kappa shape index (κ2) is 6.29. The summed E-state index contributed by atoms with van der Waals surface area (Å²) in [5, 5.41) is 11.7. The maximum Gasteiger partial charge on any atom is 0.255 e. The molecule has 1 aromatic heterocycles. The number of amides is 1. The number of benzene rings is 1. The topological polar surface area (TPSA) is 53.2 Å². The Morgan fingerprint density at radius 2 is 2.00 bits per heavy atom. The zero-order chi connectivity index (χ0) is 15.5. The molecule has 1 amide bonds. The molecule has 1 aliphatic heterocycles. The van der Waals surface area contributed by atoms with E-state index in [9.17, 15) is 4.79 Å². The summed E-state index contributed by atoms with van der Waals surface area (Å²) >= 11 is 6.82. The molecular formula is C16H15N3OS2. The van der Waals surface area contributed by atoms with E-state index in [1.54, 1.807) is 11.3 Å². The van der Waals surface area contributed by atoms with Gasteiger partial charge in [-0.25, -0.2) is 0 Å². The van der Waals surface area contributed by atoms with E-state index < -0.39 is 0 Å². The molecule has 2 heterocycles. The molecule has 0 aliphatic carbocycles. The zero-order valence-electron chi connectivity index (χ0n) is 11.9. The summed E-state index contributed by atoms with van der Waals surface area (Å²) in [6.07, 6.45) is 0. The number of carbonyl (C=O) groups excluding carboxylic acids is 1. The maximum atomic E-state index is 12.7. The molecule has 0 saturated heterocycles. The number of anilines is 1. The summed E-state index contributed by atoms with van der Waals surface area (Å²) in [4.78, 5) is 13.8. The van der Waals surface area contributed by atoms with Gasteiger partial charge in [-0.1, -0.05) is 24.3 Å². The summed E-state index contributed by atoms with van der Waals surface area (Å²) < 4.78 is 0. The fraction of sp³-hybridized carbons (Fsp3) is 0.125. The van der Waals surface area contributed by atoms with Crippen molar-refractivity contribution in [1.82, 2.24) is 10.6 Å². The third-order valence-electron chi connectivity index (χ3n) is 3.37. The second-order valence-electron chi connectivity index (χ2n) is 4.91. The number of thiocarbonyl (C=S) groups is 1. The van der Waals surface area contributed by atoms with E-state index in [2.05, 4.69) is 16.0 Å². The maximum absolute atomic E-state index is 12.7. The molecule has 3 N–H and O–H groups in total. The Morgan fingerprint density at radius 3 is 2.68 bits per heavy atom. The first-order valence-corrected chi connectivity index (χ1v) is 8.12. The molecule has 0 radical (unpaired) electrons. The van der Waals surface area contributed by atoms with E-state index in [1.165, 1.54) is 0 Å². The predicted octanol–water partition coefficient (Wildman–Crippen LogP) is 3.18. The highest BCUT2D eigenvalue weighted by Crippen LogP contribution is 2.30. The predicted molar refractivity (Wildman–Crippen MR) is 93.7 cm³/mol. The molecule has 0 saturated carbocycles. The van der Waals surface area contributed by atoms with Gasteiger partial charge in [0.15, 0.2) is 5.11 Å². The SMILES string of the molecule is CC1=C(C(=O)Nc2ccccc2)C(c2cccs2)NC(=S)N1. The van der Waals surface area contributed by atoms with Crippen molar-refractivity contribution in [1.29, 1.82) is 0 Å². The van der Waals surface area contributed by atoms with Gasteiger partial charge in [-0.2, -0.15) is 0 Å². The van der Waals surface area contributed by atoms with Gasteiger partial charge in [0.2, 0.25) is 0 Å². The average Bonchev–Trinajstić information content (AvgIpc) is 3.01. The Morgan fingerprint density at radius 1 is 1.23 bits per heavy atom. The Hall–Kier alpha value is -2.18. The molecule has 0 spiro atoms. The Balaban J connectivity index is 1.92. The summed E-state index contributed by atoms with van der Waals surface area (Å²) in [5.41, 5.74) is 2.20. The lowest BCUT2D eigenvalue weighted by molar-refractivity contribution is -0.113. The summed E-state index contributed by atoms with van der Waals surface area (Å²) in [6.45, 7) is 1.87. The third kappa shape index (κ3) is 3.03. The summed E-state index contributed by atoms with van der Waals surface area (Å²) in [6, 6.07) is 13.2. The fourth-order valence-corrected chi connectivity index (χ4v) is 3.44. The van der Waals surface area contributed by atoms with E-state index in [0.717, 1.165) is 16.3 Å². The monoisotopic (exact) mass is 329 g/mol. The molecular weight excluding hydrogens is 314 g/mol. The first-order valence-electron chi connectivity index (χ1n) is 6.83. The normalized spacial score (nSPS) is 17.7. The first-order chi connectivity index (χ1) is 10.6. The number of allylic oxidation sites excluding steroid dienone is 1. The van der Waals surface area contributed by atoms with Crippen LogP contribution in [-0.2, 0) is 4.79 Å². The lowest BCUT2D eigenvalue weighted by Gasteiger charge is -2.29. The third-order valence-corrected chi connectivity index (χ3v) is 4.53. The Kier molecular flexibility index (Phi) is 4.22. The summed E-state index contributed by atoms with van der Waals surface area (Å²) in [7, 11) is 0. The van der Waals surface area contributed by atoms with Crippen molar-refractivity contribution in [2.75, 3.05) is 5.32 Å². The number of carbonyl (C=O) groups is 1.